The number of methoxy groups -OCH3 is 1. The zero-order valence-electron chi connectivity index (χ0n) is 14.9. The molecule has 2 aromatic heterocycles. The van der Waals surface area contributed by atoms with Gasteiger partial charge in [-0.25, -0.2) is 0 Å². The summed E-state index contributed by atoms with van der Waals surface area (Å²) in [5.41, 5.74) is 2.16. The molecule has 0 aliphatic carbocycles. The zero-order valence-corrected chi connectivity index (χ0v) is 16.4. The maximum Gasteiger partial charge on any atom is 0.283 e. The first-order chi connectivity index (χ1) is 12.4. The van der Waals surface area contributed by atoms with Gasteiger partial charge in [0, 0.05) is 21.7 Å². The molecule has 0 aliphatic rings. The molecule has 8 heteroatoms. The van der Waals surface area contributed by atoms with E-state index in [4.69, 9.17) is 20.9 Å². The predicted molar refractivity (Wildman–Crippen MR) is 100 cm³/mol. The van der Waals surface area contributed by atoms with E-state index in [-0.39, 0.29) is 0 Å². The van der Waals surface area contributed by atoms with Crippen LogP contribution in [0, 0.1) is 20.8 Å². The molecule has 0 saturated heterocycles. The van der Waals surface area contributed by atoms with Crippen molar-refractivity contribution < 1.29 is 14.1 Å². The van der Waals surface area contributed by atoms with Crippen LogP contribution in [0.15, 0.2) is 33.8 Å². The quantitative estimate of drug-likeness (QED) is 0.676. The molecule has 0 fully saturated rings. The summed E-state index contributed by atoms with van der Waals surface area (Å²) in [5.74, 6) is 0.733. The number of aryl methyl sites for hydroxylation is 2. The van der Waals surface area contributed by atoms with Gasteiger partial charge in [-0.1, -0.05) is 16.8 Å². The van der Waals surface area contributed by atoms with Crippen molar-refractivity contribution >= 4 is 28.8 Å². The lowest BCUT2D eigenvalue weighted by atomic mass is 10.2. The monoisotopic (exact) mass is 391 g/mol. The number of carbonyl (C=O) groups is 1. The number of ether oxygens (including phenoxy) is 1. The van der Waals surface area contributed by atoms with E-state index in [1.807, 2.05) is 31.4 Å². The second kappa shape index (κ2) is 7.47. The molecule has 2 heterocycles. The molecule has 0 N–H and O–H groups in total. The number of hydrogen-bond acceptors (Lipinski definition) is 5. The zero-order chi connectivity index (χ0) is 18.8. The maximum absolute atomic E-state index is 12.7. The van der Waals surface area contributed by atoms with Crippen LogP contribution in [0.4, 0.5) is 0 Å². The minimum absolute atomic E-state index is 0.325. The number of carbonyl (C=O) groups excluding carboxylic acids is 1. The lowest BCUT2D eigenvalue weighted by Gasteiger charge is -2.06. The Balaban J connectivity index is 2.05. The first-order valence-electron chi connectivity index (χ1n) is 7.90. The van der Waals surface area contributed by atoms with Gasteiger partial charge >= 0.3 is 0 Å². The Kier molecular flexibility index (Phi) is 5.29. The molecule has 0 spiro atoms. The molecule has 0 bridgehead atoms. The summed E-state index contributed by atoms with van der Waals surface area (Å²) in [6, 6.07) is 6.75. The summed E-state index contributed by atoms with van der Waals surface area (Å²) >= 11 is 7.47. The number of halogens is 1. The third-order valence-corrected chi connectivity index (χ3v) is 5.30. The third kappa shape index (κ3) is 3.73. The highest BCUT2D eigenvalue weighted by atomic mass is 35.5. The van der Waals surface area contributed by atoms with Crippen molar-refractivity contribution in [3.05, 3.63) is 61.7 Å². The summed E-state index contributed by atoms with van der Waals surface area (Å²) in [6.45, 7) is 6.30. The molecular formula is C18H18ClN3O3S. The van der Waals surface area contributed by atoms with Crippen molar-refractivity contribution in [3.63, 3.8) is 0 Å². The Morgan fingerprint density at radius 1 is 1.35 bits per heavy atom. The Labute approximate surface area is 159 Å². The van der Waals surface area contributed by atoms with Crippen molar-refractivity contribution in [2.75, 3.05) is 7.11 Å². The summed E-state index contributed by atoms with van der Waals surface area (Å²) in [5, 5.41) is 4.36. The maximum atomic E-state index is 12.7. The van der Waals surface area contributed by atoms with Crippen LogP contribution in [0.1, 0.15) is 32.4 Å². The van der Waals surface area contributed by atoms with Crippen molar-refractivity contribution in [1.82, 2.24) is 9.72 Å². The largest absolute Gasteiger partial charge is 0.496 e. The van der Waals surface area contributed by atoms with Crippen LogP contribution in [-0.4, -0.2) is 22.7 Å². The Hall–Kier alpha value is -2.38. The fourth-order valence-corrected chi connectivity index (χ4v) is 3.65. The van der Waals surface area contributed by atoms with Crippen molar-refractivity contribution in [2.45, 2.75) is 27.3 Å². The smallest absolute Gasteiger partial charge is 0.283 e. The molecule has 0 aliphatic heterocycles. The molecule has 136 valence electrons. The molecule has 1 aromatic carbocycles. The van der Waals surface area contributed by atoms with Gasteiger partial charge < -0.3 is 13.8 Å². The number of amides is 1. The fourth-order valence-electron chi connectivity index (χ4n) is 2.51. The lowest BCUT2D eigenvalue weighted by Crippen LogP contribution is -2.19. The van der Waals surface area contributed by atoms with Crippen LogP contribution in [0.5, 0.6) is 5.75 Å². The summed E-state index contributed by atoms with van der Waals surface area (Å²) in [6.07, 6.45) is 0. The summed E-state index contributed by atoms with van der Waals surface area (Å²) in [7, 11) is 1.51. The first kappa shape index (κ1) is 18.4. The van der Waals surface area contributed by atoms with Crippen LogP contribution in [-0.2, 0) is 6.54 Å². The highest BCUT2D eigenvalue weighted by Gasteiger charge is 2.15. The van der Waals surface area contributed by atoms with E-state index in [0.717, 1.165) is 16.3 Å². The summed E-state index contributed by atoms with van der Waals surface area (Å²) in [4.78, 5) is 18.7. The minimum Gasteiger partial charge on any atom is -0.496 e. The Bertz CT molecular complexity index is 1030. The number of aromatic nitrogens is 2. The fraction of sp³-hybridized carbons (Fsp3) is 0.278. The van der Waals surface area contributed by atoms with Gasteiger partial charge in [0.2, 0.25) is 0 Å². The van der Waals surface area contributed by atoms with Crippen LogP contribution < -0.4 is 9.54 Å². The number of thiazole rings is 1. The first-order valence-corrected chi connectivity index (χ1v) is 9.10. The van der Waals surface area contributed by atoms with E-state index >= 15 is 0 Å². The molecule has 1 amide bonds. The summed E-state index contributed by atoms with van der Waals surface area (Å²) < 4.78 is 12.5. The minimum atomic E-state index is -0.409. The van der Waals surface area contributed by atoms with E-state index < -0.39 is 5.91 Å². The van der Waals surface area contributed by atoms with Crippen molar-refractivity contribution in [2.24, 2.45) is 4.99 Å². The molecule has 3 aromatic rings. The van der Waals surface area contributed by atoms with Gasteiger partial charge in [-0.3, -0.25) is 4.79 Å². The number of benzene rings is 1. The number of rotatable bonds is 4. The molecule has 0 atom stereocenters. The second-order valence-corrected chi connectivity index (χ2v) is 7.43. The Morgan fingerprint density at radius 2 is 2.12 bits per heavy atom. The van der Waals surface area contributed by atoms with E-state index in [9.17, 15) is 4.79 Å². The highest BCUT2D eigenvalue weighted by Crippen LogP contribution is 2.23. The van der Waals surface area contributed by atoms with E-state index in [1.165, 1.54) is 18.4 Å². The van der Waals surface area contributed by atoms with E-state index in [0.29, 0.717) is 33.4 Å². The van der Waals surface area contributed by atoms with Crippen LogP contribution >= 0.6 is 22.9 Å². The van der Waals surface area contributed by atoms with Gasteiger partial charge in [-0.2, -0.15) is 4.99 Å². The van der Waals surface area contributed by atoms with Crippen LogP contribution in [0.3, 0.4) is 0 Å². The molecular weight excluding hydrogens is 374 g/mol. The standard InChI is InChI=1S/C18H18ClN3O3S/c1-10-7-14(25-21-10)9-22-11(2)12(3)26-18(22)20-17(23)15-8-13(19)5-6-16(15)24-4/h5-8H,9H2,1-4H3. The normalized spacial score (nSPS) is 11.8. The lowest BCUT2D eigenvalue weighted by molar-refractivity contribution is 0.0995. The molecule has 3 rings (SSSR count). The average Bonchev–Trinajstić information content (AvgIpc) is 3.13. The molecule has 0 saturated carbocycles. The van der Waals surface area contributed by atoms with Crippen LogP contribution in [0.25, 0.3) is 0 Å². The van der Waals surface area contributed by atoms with Gasteiger partial charge in [-0.05, 0) is 39.0 Å². The Morgan fingerprint density at radius 3 is 2.77 bits per heavy atom. The SMILES string of the molecule is COc1ccc(Cl)cc1C(=O)N=c1sc(C)c(C)n1Cc1cc(C)no1. The van der Waals surface area contributed by atoms with Crippen molar-refractivity contribution in [1.29, 1.82) is 0 Å². The van der Waals surface area contributed by atoms with Gasteiger partial charge in [-0.15, -0.1) is 11.3 Å². The van der Waals surface area contributed by atoms with Crippen LogP contribution in [0.2, 0.25) is 5.02 Å². The molecule has 26 heavy (non-hydrogen) atoms. The third-order valence-electron chi connectivity index (χ3n) is 3.97. The number of nitrogens with zero attached hydrogens (tertiary/aromatic N) is 3. The molecule has 6 nitrogen and oxygen atoms in total. The highest BCUT2D eigenvalue weighted by molar-refractivity contribution is 7.09. The average molecular weight is 392 g/mol. The molecule has 0 unspecified atom stereocenters. The predicted octanol–water partition coefficient (Wildman–Crippen LogP) is 3.91. The van der Waals surface area contributed by atoms with E-state index in [2.05, 4.69) is 10.1 Å². The second-order valence-electron chi connectivity index (χ2n) is 5.81. The molecule has 0 radical (unpaired) electrons. The van der Waals surface area contributed by atoms with Gasteiger partial charge in [0.1, 0.15) is 5.75 Å². The van der Waals surface area contributed by atoms with Crippen molar-refractivity contribution in [3.8, 4) is 5.75 Å². The topological polar surface area (TPSA) is 69.6 Å². The van der Waals surface area contributed by atoms with Gasteiger partial charge in [0.05, 0.1) is 24.9 Å². The van der Waals surface area contributed by atoms with E-state index in [1.54, 1.807) is 18.2 Å². The number of hydrogen-bond donors (Lipinski definition) is 0. The van der Waals surface area contributed by atoms with Gasteiger partial charge in [0.25, 0.3) is 5.91 Å². The van der Waals surface area contributed by atoms with Gasteiger partial charge in [0.15, 0.2) is 10.6 Å².